The van der Waals surface area contributed by atoms with Crippen LogP contribution < -0.4 is 10.2 Å². The number of phenols is 2. The largest absolute Gasteiger partial charge is 0.507 e. The van der Waals surface area contributed by atoms with Crippen LogP contribution in [0.1, 0.15) is 42.2 Å². The number of rotatable bonds is 3. The molecule has 8 nitrogen and oxygen atoms in total. The van der Waals surface area contributed by atoms with Gasteiger partial charge in [0.25, 0.3) is 5.91 Å². The summed E-state index contributed by atoms with van der Waals surface area (Å²) in [5, 5.41) is 23.3. The van der Waals surface area contributed by atoms with Crippen molar-refractivity contribution < 1.29 is 24.6 Å². The Morgan fingerprint density at radius 2 is 1.50 bits per heavy atom. The Morgan fingerprint density at radius 1 is 0.824 bits per heavy atom. The summed E-state index contributed by atoms with van der Waals surface area (Å²) in [4.78, 5) is 43.3. The van der Waals surface area contributed by atoms with E-state index < -0.39 is 23.2 Å². The van der Waals surface area contributed by atoms with Gasteiger partial charge in [0.2, 0.25) is 5.78 Å². The zero-order valence-corrected chi connectivity index (χ0v) is 18.5. The number of likely N-dealkylation sites (N-methyl/N-ethyl adjacent to an activating group) is 1. The molecule has 0 unspecified atom stereocenters. The van der Waals surface area contributed by atoms with Gasteiger partial charge in [0, 0.05) is 54.2 Å². The van der Waals surface area contributed by atoms with Gasteiger partial charge in [-0.3, -0.25) is 14.4 Å². The Bertz CT molecular complexity index is 1330. The van der Waals surface area contributed by atoms with E-state index in [1.54, 1.807) is 12.1 Å². The third kappa shape index (κ3) is 3.68. The summed E-state index contributed by atoms with van der Waals surface area (Å²) in [6, 6.07) is 14.2. The first-order valence-corrected chi connectivity index (χ1v) is 11.0. The number of ketones is 2. The highest BCUT2D eigenvalue weighted by molar-refractivity contribution is 6.30. The standard InChI is InChI=1S/C26H23N3O5/c1-28-9-11-29(12-10-28)17-7-5-16(6-8-17)27-26(34)15-13-19-23(21(31)14-15)25(33)22-18(24(19)32)3-2-4-20(22)30/h2-8,13-14,30-31H,9-12H2,1H3,(H,27,34). The summed E-state index contributed by atoms with van der Waals surface area (Å²) in [6.45, 7) is 3.85. The molecule has 2 aliphatic rings. The summed E-state index contributed by atoms with van der Waals surface area (Å²) < 4.78 is 0. The van der Waals surface area contributed by atoms with Crippen molar-refractivity contribution >= 4 is 28.8 Å². The van der Waals surface area contributed by atoms with Crippen LogP contribution in [0.15, 0.2) is 54.6 Å². The van der Waals surface area contributed by atoms with Crippen LogP contribution in [0.3, 0.4) is 0 Å². The molecule has 0 atom stereocenters. The van der Waals surface area contributed by atoms with Gasteiger partial charge >= 0.3 is 0 Å². The fourth-order valence-corrected chi connectivity index (χ4v) is 4.44. The number of anilines is 2. The Morgan fingerprint density at radius 3 is 2.21 bits per heavy atom. The minimum absolute atomic E-state index is 0.0361. The number of amides is 1. The van der Waals surface area contributed by atoms with E-state index in [1.165, 1.54) is 24.3 Å². The molecule has 1 fully saturated rings. The maximum absolute atomic E-state index is 13.0. The van der Waals surface area contributed by atoms with Gasteiger partial charge in [0.15, 0.2) is 5.78 Å². The van der Waals surface area contributed by atoms with Gasteiger partial charge in [0.05, 0.1) is 11.1 Å². The molecule has 8 heteroatoms. The zero-order chi connectivity index (χ0) is 24.0. The molecule has 1 amide bonds. The highest BCUT2D eigenvalue weighted by atomic mass is 16.3. The summed E-state index contributed by atoms with van der Waals surface area (Å²) >= 11 is 0. The lowest BCUT2D eigenvalue weighted by Gasteiger charge is -2.34. The number of piperazine rings is 1. The van der Waals surface area contributed by atoms with Crippen molar-refractivity contribution in [1.29, 1.82) is 0 Å². The Labute approximate surface area is 196 Å². The predicted molar refractivity (Wildman–Crippen MR) is 127 cm³/mol. The first-order chi connectivity index (χ1) is 16.3. The molecular weight excluding hydrogens is 434 g/mol. The van der Waals surface area contributed by atoms with Gasteiger partial charge in [-0.2, -0.15) is 0 Å². The number of fused-ring (bicyclic) bond motifs is 2. The summed E-state index contributed by atoms with van der Waals surface area (Å²) in [5.74, 6) is -2.54. The van der Waals surface area contributed by atoms with Crippen molar-refractivity contribution in [3.8, 4) is 11.5 Å². The molecule has 1 heterocycles. The number of nitrogens with zero attached hydrogens (tertiary/aromatic N) is 2. The minimum Gasteiger partial charge on any atom is -0.507 e. The number of carbonyl (C=O) groups is 3. The number of hydrogen-bond donors (Lipinski definition) is 3. The van der Waals surface area contributed by atoms with E-state index in [1.807, 2.05) is 12.1 Å². The van der Waals surface area contributed by atoms with Gasteiger partial charge in [-0.05, 0) is 49.5 Å². The van der Waals surface area contributed by atoms with Crippen LogP contribution in [0.5, 0.6) is 11.5 Å². The number of benzene rings is 3. The SMILES string of the molecule is CN1CCN(c2ccc(NC(=O)c3cc(O)c4c(c3)C(=O)c3cccc(O)c3C4=O)cc2)CC1. The van der Waals surface area contributed by atoms with Gasteiger partial charge in [0.1, 0.15) is 11.5 Å². The molecule has 34 heavy (non-hydrogen) atoms. The van der Waals surface area contributed by atoms with Crippen LogP contribution in [-0.2, 0) is 0 Å². The molecule has 1 saturated heterocycles. The molecule has 3 aromatic carbocycles. The molecule has 0 spiro atoms. The van der Waals surface area contributed by atoms with E-state index in [0.717, 1.165) is 37.9 Å². The van der Waals surface area contributed by atoms with Crippen molar-refractivity contribution in [2.75, 3.05) is 43.4 Å². The normalized spacial score (nSPS) is 15.6. The van der Waals surface area contributed by atoms with Crippen LogP contribution in [0, 0.1) is 0 Å². The van der Waals surface area contributed by atoms with Crippen LogP contribution in [0.4, 0.5) is 11.4 Å². The van der Waals surface area contributed by atoms with Crippen LogP contribution in [0.2, 0.25) is 0 Å². The van der Waals surface area contributed by atoms with E-state index in [0.29, 0.717) is 5.69 Å². The van der Waals surface area contributed by atoms with Gasteiger partial charge in [-0.1, -0.05) is 12.1 Å². The molecule has 172 valence electrons. The average molecular weight is 457 g/mol. The average Bonchev–Trinajstić information content (AvgIpc) is 2.83. The molecule has 3 N–H and O–H groups in total. The number of carbonyl (C=O) groups excluding carboxylic acids is 3. The van der Waals surface area contributed by atoms with Crippen molar-refractivity contribution in [2.45, 2.75) is 0 Å². The summed E-state index contributed by atoms with van der Waals surface area (Å²) in [5.41, 5.74) is 1.29. The van der Waals surface area contributed by atoms with E-state index in [4.69, 9.17) is 0 Å². The second-order valence-electron chi connectivity index (χ2n) is 8.57. The van der Waals surface area contributed by atoms with Crippen molar-refractivity contribution in [3.05, 3.63) is 82.4 Å². The molecule has 0 radical (unpaired) electrons. The fourth-order valence-electron chi connectivity index (χ4n) is 4.44. The molecule has 1 aliphatic carbocycles. The lowest BCUT2D eigenvalue weighted by atomic mass is 9.82. The Hall–Kier alpha value is -4.17. The lowest BCUT2D eigenvalue weighted by molar-refractivity contribution is 0.0972. The Balaban J connectivity index is 1.38. The van der Waals surface area contributed by atoms with E-state index in [2.05, 4.69) is 22.2 Å². The van der Waals surface area contributed by atoms with Gasteiger partial charge in [-0.15, -0.1) is 0 Å². The highest BCUT2D eigenvalue weighted by Crippen LogP contribution is 2.37. The van der Waals surface area contributed by atoms with E-state index in [-0.39, 0.29) is 33.6 Å². The fraction of sp³-hybridized carbons (Fsp3) is 0.192. The summed E-state index contributed by atoms with van der Waals surface area (Å²) in [7, 11) is 2.10. The first kappa shape index (κ1) is 21.7. The summed E-state index contributed by atoms with van der Waals surface area (Å²) in [6.07, 6.45) is 0. The number of nitrogens with one attached hydrogen (secondary N) is 1. The molecule has 0 aromatic heterocycles. The number of hydrogen-bond acceptors (Lipinski definition) is 7. The number of phenolic OH excluding ortho intramolecular Hbond substituents is 2. The van der Waals surface area contributed by atoms with Crippen molar-refractivity contribution in [1.82, 2.24) is 4.90 Å². The highest BCUT2D eigenvalue weighted by Gasteiger charge is 2.35. The van der Waals surface area contributed by atoms with Crippen molar-refractivity contribution in [2.24, 2.45) is 0 Å². The minimum atomic E-state index is -0.661. The molecule has 3 aromatic rings. The predicted octanol–water partition coefficient (Wildman–Crippen LogP) is 2.88. The molecule has 5 rings (SSSR count). The second-order valence-corrected chi connectivity index (χ2v) is 8.57. The maximum atomic E-state index is 13.0. The maximum Gasteiger partial charge on any atom is 0.255 e. The van der Waals surface area contributed by atoms with E-state index >= 15 is 0 Å². The van der Waals surface area contributed by atoms with Crippen molar-refractivity contribution in [3.63, 3.8) is 0 Å². The van der Waals surface area contributed by atoms with E-state index in [9.17, 15) is 24.6 Å². The molecular formula is C26H23N3O5. The van der Waals surface area contributed by atoms with Crippen LogP contribution in [-0.4, -0.2) is 65.8 Å². The van der Waals surface area contributed by atoms with Gasteiger partial charge in [-0.25, -0.2) is 0 Å². The molecule has 0 bridgehead atoms. The quantitative estimate of drug-likeness (QED) is 0.434. The third-order valence-electron chi connectivity index (χ3n) is 6.36. The second kappa shape index (κ2) is 8.31. The topological polar surface area (TPSA) is 110 Å². The zero-order valence-electron chi connectivity index (χ0n) is 18.5. The molecule has 1 aliphatic heterocycles. The lowest BCUT2D eigenvalue weighted by Crippen LogP contribution is -2.44. The molecule has 0 saturated carbocycles. The smallest absolute Gasteiger partial charge is 0.255 e. The Kier molecular flexibility index (Phi) is 5.30. The van der Waals surface area contributed by atoms with Gasteiger partial charge < -0.3 is 25.3 Å². The monoisotopic (exact) mass is 457 g/mol. The third-order valence-corrected chi connectivity index (χ3v) is 6.36. The first-order valence-electron chi connectivity index (χ1n) is 11.0. The van der Waals surface area contributed by atoms with Crippen LogP contribution in [0.25, 0.3) is 0 Å². The number of aromatic hydroxyl groups is 2. The van der Waals surface area contributed by atoms with Crippen LogP contribution >= 0.6 is 0 Å².